The van der Waals surface area contributed by atoms with E-state index < -0.39 is 22.6 Å². The van der Waals surface area contributed by atoms with Gasteiger partial charge < -0.3 is 32.1 Å². The maximum Gasteiger partial charge on any atom is 0.267 e. The van der Waals surface area contributed by atoms with E-state index in [-0.39, 0.29) is 30.2 Å². The van der Waals surface area contributed by atoms with Gasteiger partial charge >= 0.3 is 0 Å². The zero-order chi connectivity index (χ0) is 23.8. The molecule has 10 nitrogen and oxygen atoms in total. The van der Waals surface area contributed by atoms with Crippen LogP contribution in [0.5, 0.6) is 5.75 Å². The first-order chi connectivity index (χ1) is 15.4. The summed E-state index contributed by atoms with van der Waals surface area (Å²) in [5.41, 5.74) is 3.84. The lowest BCUT2D eigenvalue weighted by molar-refractivity contribution is -0.129. The van der Waals surface area contributed by atoms with Gasteiger partial charge in [0.05, 0.1) is 0 Å². The number of aromatic hydroxyl groups is 1. The Bertz CT molecular complexity index is 760. The maximum absolute atomic E-state index is 12.5. The van der Waals surface area contributed by atoms with Crippen LogP contribution in [0.1, 0.15) is 57.4 Å². The molecule has 2 amide bonds. The van der Waals surface area contributed by atoms with Crippen molar-refractivity contribution >= 4 is 11.8 Å². The Balaban J connectivity index is 2.27. The van der Waals surface area contributed by atoms with Gasteiger partial charge in [-0.25, -0.2) is 0 Å². The molecular weight excluding hydrogens is 414 g/mol. The Kier molecular flexibility index (Phi) is 14.2. The summed E-state index contributed by atoms with van der Waals surface area (Å²) in [6, 6.07) is -0.822. The van der Waals surface area contributed by atoms with Gasteiger partial charge in [0.1, 0.15) is 6.04 Å². The van der Waals surface area contributed by atoms with E-state index in [1.54, 1.807) is 0 Å². The third-order valence-corrected chi connectivity index (χ3v) is 5.14. The molecule has 0 heterocycles. The third kappa shape index (κ3) is 10.3. The number of carbonyl (C=O) groups is 2. The van der Waals surface area contributed by atoms with E-state index in [0.29, 0.717) is 25.9 Å². The molecule has 0 saturated carbocycles. The summed E-state index contributed by atoms with van der Waals surface area (Å²) in [6.45, 7) is 6.64. The number of amides is 2. The topological polar surface area (TPSA) is 163 Å². The molecule has 1 aromatic carbocycles. The SMILES string of the molecule is CCCC(=O)N[C@H](CCc1c(O)c(=O)c1=O)C(=O)NCCCNCCCCNCCCN. The molecule has 182 valence electrons. The van der Waals surface area contributed by atoms with E-state index in [1.807, 2.05) is 6.92 Å². The van der Waals surface area contributed by atoms with Crippen molar-refractivity contribution in [2.45, 2.75) is 64.3 Å². The lowest BCUT2D eigenvalue weighted by Gasteiger charge is -2.19. The van der Waals surface area contributed by atoms with Crippen LogP contribution in [0.15, 0.2) is 9.59 Å². The van der Waals surface area contributed by atoms with Gasteiger partial charge in [-0.3, -0.25) is 19.2 Å². The van der Waals surface area contributed by atoms with Crippen LogP contribution in [0.3, 0.4) is 0 Å². The van der Waals surface area contributed by atoms with Crippen LogP contribution in [-0.2, 0) is 16.0 Å². The Morgan fingerprint density at radius 2 is 1.56 bits per heavy atom. The molecule has 1 aromatic rings. The fraction of sp³-hybridized carbons (Fsp3) is 0.727. The van der Waals surface area contributed by atoms with E-state index in [2.05, 4.69) is 21.3 Å². The van der Waals surface area contributed by atoms with Crippen molar-refractivity contribution in [3.63, 3.8) is 0 Å². The molecule has 0 radical (unpaired) electrons. The van der Waals surface area contributed by atoms with Crippen molar-refractivity contribution in [3.8, 4) is 5.75 Å². The van der Waals surface area contributed by atoms with E-state index >= 15 is 0 Å². The zero-order valence-corrected chi connectivity index (χ0v) is 19.1. The summed E-state index contributed by atoms with van der Waals surface area (Å²) in [5.74, 6) is -1.12. The summed E-state index contributed by atoms with van der Waals surface area (Å²) in [5, 5.41) is 21.7. The van der Waals surface area contributed by atoms with Gasteiger partial charge in [0.15, 0.2) is 5.75 Å². The number of nitrogens with one attached hydrogen (secondary N) is 4. The normalized spacial score (nSPS) is 12.1. The summed E-state index contributed by atoms with van der Waals surface area (Å²) in [4.78, 5) is 47.1. The fourth-order valence-electron chi connectivity index (χ4n) is 3.23. The Morgan fingerprint density at radius 3 is 2.16 bits per heavy atom. The first-order valence-corrected chi connectivity index (χ1v) is 11.6. The second-order valence-electron chi connectivity index (χ2n) is 7.89. The van der Waals surface area contributed by atoms with Crippen LogP contribution in [0, 0.1) is 0 Å². The van der Waals surface area contributed by atoms with Crippen molar-refractivity contribution < 1.29 is 14.7 Å². The first kappa shape index (κ1) is 27.7. The fourth-order valence-corrected chi connectivity index (χ4v) is 3.23. The molecule has 1 rings (SSSR count). The van der Waals surface area contributed by atoms with Crippen molar-refractivity contribution in [1.29, 1.82) is 0 Å². The standard InChI is InChI=1S/C22H39N5O5/c1-2-7-18(28)27-17(9-8-16-19(29)21(31)20(16)30)22(32)26-15-6-14-25-12-4-3-11-24-13-5-10-23/h17,24-25,29H,2-15,23H2,1H3,(H,26,32)(H,27,28)/t17-/m1/s1. The van der Waals surface area contributed by atoms with E-state index in [1.165, 1.54) is 0 Å². The minimum Gasteiger partial charge on any atom is -0.504 e. The van der Waals surface area contributed by atoms with E-state index in [9.17, 15) is 24.3 Å². The minimum absolute atomic E-state index is 0.0244. The average molecular weight is 454 g/mol. The summed E-state index contributed by atoms with van der Waals surface area (Å²) >= 11 is 0. The number of nitrogens with two attached hydrogens (primary N) is 1. The zero-order valence-electron chi connectivity index (χ0n) is 19.1. The van der Waals surface area contributed by atoms with Crippen LogP contribution >= 0.6 is 0 Å². The summed E-state index contributed by atoms with van der Waals surface area (Å²) in [7, 11) is 0. The average Bonchev–Trinajstić information content (AvgIpc) is 2.78. The number of carbonyl (C=O) groups excluding carboxylic acids is 2. The molecule has 1 atom stereocenters. The van der Waals surface area contributed by atoms with E-state index in [4.69, 9.17) is 5.73 Å². The highest BCUT2D eigenvalue weighted by atomic mass is 16.3. The highest BCUT2D eigenvalue weighted by Crippen LogP contribution is 2.12. The highest BCUT2D eigenvalue weighted by Gasteiger charge is 2.24. The Hall–Kier alpha value is -2.30. The molecule has 0 aromatic heterocycles. The van der Waals surface area contributed by atoms with Gasteiger partial charge in [-0.1, -0.05) is 6.92 Å². The van der Waals surface area contributed by atoms with Crippen LogP contribution in [-0.4, -0.2) is 62.2 Å². The second-order valence-corrected chi connectivity index (χ2v) is 7.89. The number of unbranched alkanes of at least 4 members (excludes halogenated alkanes) is 1. The van der Waals surface area contributed by atoms with Crippen molar-refractivity contribution in [1.82, 2.24) is 21.3 Å². The molecule has 0 aliphatic carbocycles. The molecule has 0 spiro atoms. The van der Waals surface area contributed by atoms with Gasteiger partial charge in [0.25, 0.3) is 5.43 Å². The number of hydrogen-bond acceptors (Lipinski definition) is 8. The van der Waals surface area contributed by atoms with Gasteiger partial charge in [-0.05, 0) is 77.7 Å². The van der Waals surface area contributed by atoms with Crippen molar-refractivity contribution in [3.05, 3.63) is 26.0 Å². The molecule has 0 aliphatic rings. The predicted molar refractivity (Wildman–Crippen MR) is 124 cm³/mol. The lowest BCUT2D eigenvalue weighted by Crippen LogP contribution is -2.48. The monoisotopic (exact) mass is 453 g/mol. The van der Waals surface area contributed by atoms with Gasteiger partial charge in [-0.15, -0.1) is 0 Å². The predicted octanol–water partition coefficient (Wildman–Crippen LogP) is -0.980. The molecule has 0 fully saturated rings. The molecule has 0 saturated heterocycles. The van der Waals surface area contributed by atoms with Gasteiger partial charge in [0, 0.05) is 18.5 Å². The minimum atomic E-state index is -0.897. The van der Waals surface area contributed by atoms with Crippen LogP contribution in [0.4, 0.5) is 0 Å². The molecule has 7 N–H and O–H groups in total. The molecule has 0 unspecified atom stereocenters. The van der Waals surface area contributed by atoms with E-state index in [0.717, 1.165) is 51.9 Å². The number of hydrogen-bond donors (Lipinski definition) is 6. The summed E-state index contributed by atoms with van der Waals surface area (Å²) < 4.78 is 0. The van der Waals surface area contributed by atoms with Crippen molar-refractivity contribution in [2.75, 3.05) is 39.3 Å². The first-order valence-electron chi connectivity index (χ1n) is 11.6. The number of rotatable bonds is 19. The van der Waals surface area contributed by atoms with Gasteiger partial charge in [-0.2, -0.15) is 0 Å². The Labute approximate surface area is 189 Å². The molecule has 32 heavy (non-hydrogen) atoms. The highest BCUT2D eigenvalue weighted by molar-refractivity contribution is 5.87. The maximum atomic E-state index is 12.5. The van der Waals surface area contributed by atoms with Crippen LogP contribution < -0.4 is 37.9 Å². The molecule has 10 heteroatoms. The van der Waals surface area contributed by atoms with Crippen molar-refractivity contribution in [2.24, 2.45) is 5.73 Å². The Morgan fingerprint density at radius 1 is 0.938 bits per heavy atom. The van der Waals surface area contributed by atoms with Crippen LogP contribution in [0.25, 0.3) is 0 Å². The smallest absolute Gasteiger partial charge is 0.267 e. The third-order valence-electron chi connectivity index (χ3n) is 5.14. The summed E-state index contributed by atoms with van der Waals surface area (Å²) in [6.07, 6.45) is 5.03. The lowest BCUT2D eigenvalue weighted by atomic mass is 10.00. The second kappa shape index (κ2) is 16.3. The molecular formula is C22H39N5O5. The molecule has 0 aliphatic heterocycles. The molecule has 0 bridgehead atoms. The largest absolute Gasteiger partial charge is 0.504 e. The van der Waals surface area contributed by atoms with Gasteiger partial charge in [0.2, 0.25) is 17.2 Å². The quantitative estimate of drug-likeness (QED) is 0.115. The van der Waals surface area contributed by atoms with Crippen LogP contribution in [0.2, 0.25) is 0 Å².